The van der Waals surface area contributed by atoms with Crippen LogP contribution in [0.3, 0.4) is 0 Å². The smallest absolute Gasteiger partial charge is 0.266 e. The lowest BCUT2D eigenvalue weighted by Crippen LogP contribution is -2.37. The molecule has 2 saturated heterocycles. The largest absolute Gasteiger partial charge is 0.273 e. The van der Waals surface area contributed by atoms with Gasteiger partial charge in [-0.2, -0.15) is 0 Å². The van der Waals surface area contributed by atoms with Crippen LogP contribution in [0.15, 0.2) is 72.8 Å². The van der Waals surface area contributed by atoms with E-state index in [2.05, 4.69) is 0 Å². The number of fused-ring (bicyclic) bond motifs is 1. The van der Waals surface area contributed by atoms with Crippen molar-refractivity contribution < 1.29 is 27.6 Å². The molecule has 3 unspecified atom stereocenters. The standard InChI is InChI=1S/C23H15F3N2O3/c24-14-7-9-15(10-8-14)27-22(29)19-20(13-6-11-17(25)18(26)12-13)28(31-21(19)23(27)30)16-4-2-1-3-5-16/h1-12,19-21H. The van der Waals surface area contributed by atoms with Crippen LogP contribution in [0.1, 0.15) is 11.6 Å². The molecule has 3 aromatic rings. The molecule has 2 aliphatic rings. The van der Waals surface area contributed by atoms with Crippen molar-refractivity contribution in [3.63, 3.8) is 0 Å². The van der Waals surface area contributed by atoms with Crippen LogP contribution >= 0.6 is 0 Å². The van der Waals surface area contributed by atoms with Crippen LogP contribution in [0.25, 0.3) is 0 Å². The third-order valence-electron chi connectivity index (χ3n) is 5.50. The first-order chi connectivity index (χ1) is 15.0. The number of amides is 2. The predicted molar refractivity (Wildman–Crippen MR) is 105 cm³/mol. The highest BCUT2D eigenvalue weighted by molar-refractivity contribution is 6.23. The number of imide groups is 1. The highest BCUT2D eigenvalue weighted by atomic mass is 19.2. The maximum absolute atomic E-state index is 14.0. The van der Waals surface area contributed by atoms with Crippen molar-refractivity contribution in [2.24, 2.45) is 5.92 Å². The van der Waals surface area contributed by atoms with E-state index in [0.717, 1.165) is 29.2 Å². The van der Waals surface area contributed by atoms with E-state index < -0.39 is 47.3 Å². The van der Waals surface area contributed by atoms with Crippen LogP contribution in [0.4, 0.5) is 24.5 Å². The lowest BCUT2D eigenvalue weighted by Gasteiger charge is -2.28. The van der Waals surface area contributed by atoms with Gasteiger partial charge in [0.1, 0.15) is 11.7 Å². The normalized spacial score (nSPS) is 22.9. The van der Waals surface area contributed by atoms with E-state index in [0.29, 0.717) is 5.69 Å². The summed E-state index contributed by atoms with van der Waals surface area (Å²) in [6.07, 6.45) is -1.16. The Hall–Kier alpha value is -3.65. The van der Waals surface area contributed by atoms with E-state index in [1.54, 1.807) is 30.3 Å². The summed E-state index contributed by atoms with van der Waals surface area (Å²) in [6, 6.07) is 16.2. The minimum atomic E-state index is -1.16. The van der Waals surface area contributed by atoms with Gasteiger partial charge in [-0.05, 0) is 54.1 Å². The molecule has 156 valence electrons. The van der Waals surface area contributed by atoms with E-state index in [4.69, 9.17) is 4.84 Å². The topological polar surface area (TPSA) is 49.9 Å². The van der Waals surface area contributed by atoms with Crippen molar-refractivity contribution in [3.05, 3.63) is 95.8 Å². The van der Waals surface area contributed by atoms with E-state index in [1.807, 2.05) is 0 Å². The number of para-hydroxylation sites is 1. The molecule has 0 aliphatic carbocycles. The number of hydroxylamine groups is 1. The number of carbonyl (C=O) groups is 2. The Labute approximate surface area is 175 Å². The van der Waals surface area contributed by atoms with Crippen LogP contribution in [-0.2, 0) is 14.4 Å². The molecule has 0 bridgehead atoms. The zero-order valence-corrected chi connectivity index (χ0v) is 15.9. The lowest BCUT2D eigenvalue weighted by molar-refractivity contribution is -0.126. The Morgan fingerprint density at radius 2 is 1.45 bits per heavy atom. The Bertz CT molecular complexity index is 1170. The van der Waals surface area contributed by atoms with Gasteiger partial charge in [0.05, 0.1) is 17.4 Å². The molecule has 2 fully saturated rings. The average Bonchev–Trinajstić information content (AvgIpc) is 3.28. The van der Waals surface area contributed by atoms with Crippen LogP contribution in [0.5, 0.6) is 0 Å². The predicted octanol–water partition coefficient (Wildman–Crippen LogP) is 4.16. The maximum Gasteiger partial charge on any atom is 0.266 e. The molecule has 3 atom stereocenters. The first-order valence-electron chi connectivity index (χ1n) is 9.55. The number of benzene rings is 3. The zero-order chi connectivity index (χ0) is 21.7. The van der Waals surface area contributed by atoms with Crippen LogP contribution in [0.2, 0.25) is 0 Å². The third kappa shape index (κ3) is 3.07. The Balaban J connectivity index is 1.60. The molecular formula is C23H15F3N2O3. The van der Waals surface area contributed by atoms with Gasteiger partial charge in [0.15, 0.2) is 17.7 Å². The highest BCUT2D eigenvalue weighted by Gasteiger charge is 2.60. The molecule has 2 aliphatic heterocycles. The summed E-state index contributed by atoms with van der Waals surface area (Å²) in [6.45, 7) is 0. The minimum absolute atomic E-state index is 0.213. The van der Waals surface area contributed by atoms with E-state index in [-0.39, 0.29) is 11.3 Å². The fourth-order valence-electron chi connectivity index (χ4n) is 4.09. The quantitative estimate of drug-likeness (QED) is 0.593. The minimum Gasteiger partial charge on any atom is -0.273 e. The molecule has 0 radical (unpaired) electrons. The number of nitrogens with zero attached hydrogens (tertiary/aromatic N) is 2. The molecule has 2 amide bonds. The first-order valence-corrected chi connectivity index (χ1v) is 9.55. The average molecular weight is 424 g/mol. The molecule has 0 N–H and O–H groups in total. The number of anilines is 2. The number of rotatable bonds is 3. The second-order valence-corrected chi connectivity index (χ2v) is 7.32. The van der Waals surface area contributed by atoms with Gasteiger partial charge in [0.2, 0.25) is 5.91 Å². The summed E-state index contributed by atoms with van der Waals surface area (Å²) in [7, 11) is 0. The molecule has 0 saturated carbocycles. The zero-order valence-electron chi connectivity index (χ0n) is 15.9. The molecule has 8 heteroatoms. The molecule has 0 aromatic heterocycles. The maximum atomic E-state index is 14.0. The highest BCUT2D eigenvalue weighted by Crippen LogP contribution is 2.47. The number of halogens is 3. The van der Waals surface area contributed by atoms with Gasteiger partial charge in [-0.1, -0.05) is 24.3 Å². The monoisotopic (exact) mass is 424 g/mol. The Morgan fingerprint density at radius 3 is 2.13 bits per heavy atom. The van der Waals surface area contributed by atoms with Crippen molar-refractivity contribution in [3.8, 4) is 0 Å². The van der Waals surface area contributed by atoms with Crippen molar-refractivity contribution in [1.29, 1.82) is 0 Å². The van der Waals surface area contributed by atoms with Gasteiger partial charge in [0, 0.05) is 0 Å². The fraction of sp³-hybridized carbons (Fsp3) is 0.130. The van der Waals surface area contributed by atoms with E-state index >= 15 is 0 Å². The third-order valence-corrected chi connectivity index (χ3v) is 5.50. The van der Waals surface area contributed by atoms with Gasteiger partial charge in [-0.3, -0.25) is 14.4 Å². The van der Waals surface area contributed by atoms with Gasteiger partial charge in [-0.25, -0.2) is 23.1 Å². The molecule has 3 aromatic carbocycles. The van der Waals surface area contributed by atoms with Crippen LogP contribution in [0, 0.1) is 23.4 Å². The Kier molecular flexibility index (Phi) is 4.51. The summed E-state index contributed by atoms with van der Waals surface area (Å²) in [5, 5.41) is 1.39. The molecule has 5 nitrogen and oxygen atoms in total. The molecular weight excluding hydrogens is 409 g/mol. The summed E-state index contributed by atoms with van der Waals surface area (Å²) in [5.74, 6) is -4.76. The van der Waals surface area contributed by atoms with E-state index in [1.165, 1.54) is 23.3 Å². The second kappa shape index (κ2) is 7.24. The van der Waals surface area contributed by atoms with Gasteiger partial charge >= 0.3 is 0 Å². The molecule has 5 rings (SSSR count). The number of hydrogen-bond donors (Lipinski definition) is 0. The molecule has 2 heterocycles. The lowest BCUT2D eigenvalue weighted by atomic mass is 9.90. The van der Waals surface area contributed by atoms with Crippen LogP contribution in [-0.4, -0.2) is 17.9 Å². The van der Waals surface area contributed by atoms with Crippen molar-refractivity contribution in [1.82, 2.24) is 0 Å². The summed E-state index contributed by atoms with van der Waals surface area (Å²) < 4.78 is 40.9. The van der Waals surface area contributed by atoms with Gasteiger partial charge in [-0.15, -0.1) is 0 Å². The first kappa shape index (κ1) is 19.3. The summed E-state index contributed by atoms with van der Waals surface area (Å²) in [5.41, 5.74) is 1.06. The van der Waals surface area contributed by atoms with Crippen molar-refractivity contribution in [2.45, 2.75) is 12.1 Å². The van der Waals surface area contributed by atoms with Gasteiger partial charge < -0.3 is 0 Å². The summed E-state index contributed by atoms with van der Waals surface area (Å²) in [4.78, 5) is 33.3. The fourth-order valence-corrected chi connectivity index (χ4v) is 4.09. The van der Waals surface area contributed by atoms with Gasteiger partial charge in [0.25, 0.3) is 5.91 Å². The molecule has 31 heavy (non-hydrogen) atoms. The number of carbonyl (C=O) groups excluding carboxylic acids is 2. The summed E-state index contributed by atoms with van der Waals surface area (Å²) >= 11 is 0. The SMILES string of the molecule is O=C1C2ON(c3ccccc3)C(c3ccc(F)c(F)c3)C2C(=O)N1c1ccc(F)cc1. The van der Waals surface area contributed by atoms with Crippen molar-refractivity contribution in [2.75, 3.05) is 9.96 Å². The Morgan fingerprint density at radius 1 is 0.742 bits per heavy atom. The second-order valence-electron chi connectivity index (χ2n) is 7.32. The number of hydrogen-bond acceptors (Lipinski definition) is 4. The van der Waals surface area contributed by atoms with E-state index in [9.17, 15) is 22.8 Å². The van der Waals surface area contributed by atoms with Crippen LogP contribution < -0.4 is 9.96 Å². The van der Waals surface area contributed by atoms with Crippen molar-refractivity contribution >= 4 is 23.2 Å². The molecule has 0 spiro atoms.